The van der Waals surface area contributed by atoms with Crippen molar-refractivity contribution >= 4 is 12.6 Å². The molecular weight excluding hydrogens is 302 g/mol. The minimum atomic E-state index is -2.88. The predicted octanol–water partition coefficient (Wildman–Crippen LogP) is 3.02. The van der Waals surface area contributed by atoms with E-state index < -0.39 is 12.9 Å². The van der Waals surface area contributed by atoms with Gasteiger partial charge in [0.1, 0.15) is 6.26 Å². The maximum Gasteiger partial charge on any atom is 0.158 e. The molecule has 0 aromatic heterocycles. The molecule has 1 aromatic carbocycles. The number of piperidine rings is 1. The molecule has 1 saturated heterocycles. The van der Waals surface area contributed by atoms with Crippen LogP contribution in [0, 0.1) is 5.92 Å². The van der Waals surface area contributed by atoms with Crippen LogP contribution in [-0.4, -0.2) is 49.3 Å². The molecule has 0 amide bonds. The first-order chi connectivity index (χ1) is 13.1. The molecule has 0 saturated carbocycles. The van der Waals surface area contributed by atoms with Gasteiger partial charge in [-0.15, -0.1) is 0 Å². The van der Waals surface area contributed by atoms with Gasteiger partial charge in [-0.05, 0) is 64.1 Å². The lowest BCUT2D eigenvalue weighted by atomic mass is 9.98. The predicted molar refractivity (Wildman–Crippen MR) is 98.5 cm³/mol. The van der Waals surface area contributed by atoms with Crippen LogP contribution in [0.5, 0.6) is 0 Å². The Balaban J connectivity index is 2.02. The zero-order valence-corrected chi connectivity index (χ0v) is 14.0. The summed E-state index contributed by atoms with van der Waals surface area (Å²) in [6.07, 6.45) is 2.46. The second-order valence-corrected chi connectivity index (χ2v) is 5.91. The zero-order valence-electron chi connectivity index (χ0n) is 18.0. The number of hydrogen-bond acceptors (Lipinski definition) is 4. The molecule has 0 spiro atoms. The summed E-state index contributed by atoms with van der Waals surface area (Å²) in [5.41, 5.74) is 0.381. The van der Waals surface area contributed by atoms with Crippen LogP contribution >= 0.6 is 0 Å². The molecule has 1 aliphatic heterocycles. The summed E-state index contributed by atoms with van der Waals surface area (Å²) in [6, 6.07) is 5.95. The Labute approximate surface area is 150 Å². The third-order valence-corrected chi connectivity index (χ3v) is 4.07. The molecule has 1 fully saturated rings. The number of aliphatic imine (C=N–C) groups is 2. The second-order valence-electron chi connectivity index (χ2n) is 5.91. The van der Waals surface area contributed by atoms with Gasteiger partial charge in [0.2, 0.25) is 0 Å². The van der Waals surface area contributed by atoms with E-state index in [1.807, 2.05) is 0 Å². The first-order valence-corrected chi connectivity index (χ1v) is 7.98. The summed E-state index contributed by atoms with van der Waals surface area (Å²) < 4.78 is 35.4. The quantitative estimate of drug-likeness (QED) is 0.494. The minimum Gasteiger partial charge on any atom is -0.499 e. The van der Waals surface area contributed by atoms with E-state index >= 15 is 0 Å². The first kappa shape index (κ1) is 13.3. The first-order valence-electron chi connectivity index (χ1n) is 9.98. The van der Waals surface area contributed by atoms with Gasteiger partial charge in [0.15, 0.2) is 5.84 Å². The molecule has 0 bridgehead atoms. The summed E-state index contributed by atoms with van der Waals surface area (Å²) >= 11 is 0. The number of likely N-dealkylation sites (tertiary alicyclic amines) is 1. The summed E-state index contributed by atoms with van der Waals surface area (Å²) in [6.45, 7) is 3.39. The van der Waals surface area contributed by atoms with E-state index in [0.717, 1.165) is 25.9 Å². The number of nitrogens with zero attached hydrogens (tertiary/aromatic N) is 3. The molecule has 24 heavy (non-hydrogen) atoms. The second kappa shape index (κ2) is 9.35. The van der Waals surface area contributed by atoms with Gasteiger partial charge in [0.05, 0.1) is 20.3 Å². The monoisotopic (exact) mass is 333 g/mol. The molecule has 5 nitrogen and oxygen atoms in total. The summed E-state index contributed by atoms with van der Waals surface area (Å²) in [7, 11) is 2.12. The van der Waals surface area contributed by atoms with Gasteiger partial charge < -0.3 is 14.7 Å². The van der Waals surface area contributed by atoms with Crippen LogP contribution in [0.1, 0.15) is 42.4 Å². The van der Waals surface area contributed by atoms with Crippen molar-refractivity contribution in [3.05, 3.63) is 47.9 Å². The molecule has 2 rings (SSSR count). The maximum absolute atomic E-state index is 10.1. The zero-order chi connectivity index (χ0) is 20.8. The van der Waals surface area contributed by atoms with Crippen LogP contribution in [0.3, 0.4) is 0 Å². The molecule has 1 aliphatic rings. The fourth-order valence-corrected chi connectivity index (χ4v) is 2.58. The molecular formula is C19H27N3O2. The fourth-order valence-electron chi connectivity index (χ4n) is 2.58. The van der Waals surface area contributed by atoms with Crippen molar-refractivity contribution in [2.45, 2.75) is 25.8 Å². The minimum absolute atomic E-state index is 0.0659. The van der Waals surface area contributed by atoms with Gasteiger partial charge in [-0.3, -0.25) is 0 Å². The summed E-state index contributed by atoms with van der Waals surface area (Å²) in [5.74, 6) is 0.774. The highest BCUT2D eigenvalue weighted by atomic mass is 16.5. The van der Waals surface area contributed by atoms with E-state index in [4.69, 9.17) is 10.2 Å². The molecule has 1 atom stereocenters. The Morgan fingerprint density at radius 2 is 2.38 bits per heavy atom. The topological polar surface area (TPSA) is 57.4 Å². The van der Waals surface area contributed by atoms with Gasteiger partial charge in [-0.25, -0.2) is 9.98 Å². The molecule has 130 valence electrons. The fraction of sp³-hybridized carbons (Fsp3) is 0.474. The van der Waals surface area contributed by atoms with Crippen molar-refractivity contribution < 1.29 is 15.3 Å². The Morgan fingerprint density at radius 1 is 1.58 bits per heavy atom. The van der Waals surface area contributed by atoms with E-state index in [0.29, 0.717) is 18.1 Å². The van der Waals surface area contributed by atoms with Gasteiger partial charge in [0, 0.05) is 9.68 Å². The SMILES string of the molecule is [2H]C([2H])([2H])C([2H])(O)c1cccc(C(N=C)=N/C=C/OCC2CCN(C)CC2)c1. The van der Waals surface area contributed by atoms with Crippen molar-refractivity contribution in [1.82, 2.24) is 4.90 Å². The number of ether oxygens (including phenoxy) is 1. The van der Waals surface area contributed by atoms with Crippen molar-refractivity contribution in [3.8, 4) is 0 Å². The Hall–Kier alpha value is -1.98. The average Bonchev–Trinajstić information content (AvgIpc) is 2.65. The molecule has 1 aromatic rings. The third kappa shape index (κ3) is 5.58. The molecule has 1 unspecified atom stereocenters. The average molecular weight is 333 g/mol. The third-order valence-electron chi connectivity index (χ3n) is 4.07. The van der Waals surface area contributed by atoms with Gasteiger partial charge in [-0.1, -0.05) is 18.2 Å². The van der Waals surface area contributed by atoms with Gasteiger partial charge in [0.25, 0.3) is 0 Å². The Bertz CT molecular complexity index is 724. The van der Waals surface area contributed by atoms with Crippen LogP contribution < -0.4 is 0 Å². The number of hydrogen-bond donors (Lipinski definition) is 1. The van der Waals surface area contributed by atoms with Crippen LogP contribution in [0.2, 0.25) is 0 Å². The number of benzene rings is 1. The standard InChI is InChI=1S/C19H27N3O2/c1-15(23)17-5-4-6-18(13-17)19(20-2)21-9-12-24-14-16-7-10-22(3)11-8-16/h4-6,9,12-13,15-16,23H,2,7-8,10-11,14H2,1,3H3/b12-9+,21-19?/i1D3,15D. The normalized spacial score (nSPS) is 23.0. The van der Waals surface area contributed by atoms with Gasteiger partial charge >= 0.3 is 0 Å². The molecule has 5 heteroatoms. The highest BCUT2D eigenvalue weighted by Gasteiger charge is 2.16. The van der Waals surface area contributed by atoms with Crippen LogP contribution in [0.15, 0.2) is 46.7 Å². The maximum atomic E-state index is 10.1. The van der Waals surface area contributed by atoms with Crippen molar-refractivity contribution in [1.29, 1.82) is 0 Å². The lowest BCUT2D eigenvalue weighted by Crippen LogP contribution is -2.31. The van der Waals surface area contributed by atoms with Crippen molar-refractivity contribution in [2.75, 3.05) is 26.7 Å². The van der Waals surface area contributed by atoms with Gasteiger partial charge in [-0.2, -0.15) is 0 Å². The van der Waals surface area contributed by atoms with E-state index in [-0.39, 0.29) is 11.4 Å². The lowest BCUT2D eigenvalue weighted by Gasteiger charge is -2.28. The Kier molecular flexibility index (Phi) is 5.19. The lowest BCUT2D eigenvalue weighted by molar-refractivity contribution is 0.133. The Morgan fingerprint density at radius 3 is 3.08 bits per heavy atom. The van der Waals surface area contributed by atoms with E-state index in [1.165, 1.54) is 30.7 Å². The highest BCUT2D eigenvalue weighted by Crippen LogP contribution is 2.16. The van der Waals surface area contributed by atoms with Crippen molar-refractivity contribution in [2.24, 2.45) is 15.9 Å². The smallest absolute Gasteiger partial charge is 0.158 e. The molecule has 1 N–H and O–H groups in total. The van der Waals surface area contributed by atoms with E-state index in [2.05, 4.69) is 28.6 Å². The molecule has 0 aliphatic carbocycles. The largest absolute Gasteiger partial charge is 0.499 e. The number of aliphatic hydroxyl groups is 1. The summed E-state index contributed by atoms with van der Waals surface area (Å²) in [5, 5.41) is 10.1. The van der Waals surface area contributed by atoms with Crippen molar-refractivity contribution in [3.63, 3.8) is 0 Å². The van der Waals surface area contributed by atoms with E-state index in [1.54, 1.807) is 6.07 Å². The molecule has 1 heterocycles. The number of rotatable bonds is 6. The van der Waals surface area contributed by atoms with Crippen LogP contribution in [0.4, 0.5) is 0 Å². The summed E-state index contributed by atoms with van der Waals surface area (Å²) in [4.78, 5) is 10.3. The highest BCUT2D eigenvalue weighted by molar-refractivity contribution is 6.01. The van der Waals surface area contributed by atoms with Crippen LogP contribution in [-0.2, 0) is 4.74 Å². The molecule has 0 radical (unpaired) electrons. The van der Waals surface area contributed by atoms with Crippen LogP contribution in [0.25, 0.3) is 0 Å². The van der Waals surface area contributed by atoms with E-state index in [9.17, 15) is 5.11 Å². The number of amidine groups is 1.